The molecule has 10 atom stereocenters. The van der Waals surface area contributed by atoms with Gasteiger partial charge < -0.3 is 15.9 Å². The fourth-order valence-electron chi connectivity index (χ4n) is 11.4. The van der Waals surface area contributed by atoms with Crippen LogP contribution in [0.1, 0.15) is 106 Å². The predicted octanol–water partition coefficient (Wildman–Crippen LogP) is 6.17. The predicted molar refractivity (Wildman–Crippen MR) is 136 cm³/mol. The smallest absolute Gasteiger partial charge is 0.309 e. The summed E-state index contributed by atoms with van der Waals surface area (Å²) in [7, 11) is 0. The minimum atomic E-state index is -0.565. The molecular weight excluding hydrogens is 422 g/mol. The zero-order valence-corrected chi connectivity index (χ0v) is 22.5. The largest absolute Gasteiger partial charge is 0.481 e. The van der Waals surface area contributed by atoms with Crippen LogP contribution in [-0.2, 0) is 4.79 Å². The second-order valence-electron chi connectivity index (χ2n) is 14.7. The lowest BCUT2D eigenvalue weighted by atomic mass is 9.30. The van der Waals surface area contributed by atoms with Crippen molar-refractivity contribution in [3.8, 4) is 0 Å². The van der Waals surface area contributed by atoms with E-state index < -0.39 is 11.4 Å². The van der Waals surface area contributed by atoms with Gasteiger partial charge in [0.2, 0.25) is 0 Å². The summed E-state index contributed by atoms with van der Waals surface area (Å²) in [6, 6.07) is 0. The van der Waals surface area contributed by atoms with Gasteiger partial charge in [-0.3, -0.25) is 4.79 Å². The topological polar surface area (TPSA) is 83.5 Å². The Morgan fingerprint density at radius 3 is 2.12 bits per heavy atom. The maximum atomic E-state index is 12.8. The van der Waals surface area contributed by atoms with Crippen molar-refractivity contribution in [2.24, 2.45) is 56.5 Å². The molecule has 34 heavy (non-hydrogen) atoms. The number of nitrogens with two attached hydrogens (primary N) is 1. The molecule has 0 aromatic rings. The fourth-order valence-corrected chi connectivity index (χ4v) is 11.4. The first-order chi connectivity index (χ1) is 15.6. The maximum absolute atomic E-state index is 12.8. The minimum Gasteiger partial charge on any atom is -0.481 e. The van der Waals surface area contributed by atoms with Crippen molar-refractivity contribution in [1.82, 2.24) is 0 Å². The van der Waals surface area contributed by atoms with Crippen LogP contribution in [0.25, 0.3) is 0 Å². The van der Waals surface area contributed by atoms with E-state index in [1.807, 2.05) is 0 Å². The average molecular weight is 472 g/mol. The van der Waals surface area contributed by atoms with E-state index in [0.29, 0.717) is 17.8 Å². The first-order valence-corrected chi connectivity index (χ1v) is 14.0. The van der Waals surface area contributed by atoms with Crippen molar-refractivity contribution in [2.45, 2.75) is 117 Å². The van der Waals surface area contributed by atoms with Crippen molar-refractivity contribution < 1.29 is 15.0 Å². The monoisotopic (exact) mass is 471 g/mol. The quantitative estimate of drug-likeness (QED) is 0.420. The molecule has 4 heteroatoms. The van der Waals surface area contributed by atoms with Crippen LogP contribution in [0, 0.1) is 50.7 Å². The molecule has 1 unspecified atom stereocenters. The van der Waals surface area contributed by atoms with E-state index in [4.69, 9.17) is 5.73 Å². The Hall–Kier alpha value is -0.870. The Balaban J connectivity index is 1.59. The third kappa shape index (κ3) is 2.56. The first-order valence-electron chi connectivity index (χ1n) is 14.0. The molecule has 0 aliphatic heterocycles. The average Bonchev–Trinajstić information content (AvgIpc) is 3.16. The number of hydrogen-bond donors (Lipinski definition) is 3. The number of aliphatic hydroxyl groups is 1. The van der Waals surface area contributed by atoms with Gasteiger partial charge in [0.25, 0.3) is 0 Å². The van der Waals surface area contributed by atoms with E-state index in [1.165, 1.54) is 5.57 Å². The number of fused-ring (bicyclic) bond motifs is 7. The zero-order valence-electron chi connectivity index (χ0n) is 22.5. The molecule has 0 aromatic carbocycles. The van der Waals surface area contributed by atoms with Crippen LogP contribution in [0.15, 0.2) is 12.2 Å². The highest BCUT2D eigenvalue weighted by Gasteiger charge is 2.74. The van der Waals surface area contributed by atoms with E-state index in [-0.39, 0.29) is 39.2 Å². The summed E-state index contributed by atoms with van der Waals surface area (Å²) in [5.41, 5.74) is 7.58. The van der Waals surface area contributed by atoms with Crippen molar-refractivity contribution in [3.63, 3.8) is 0 Å². The molecule has 0 aromatic heterocycles. The van der Waals surface area contributed by atoms with E-state index in [0.717, 1.165) is 64.2 Å². The number of aliphatic hydroxyl groups excluding tert-OH is 1. The highest BCUT2D eigenvalue weighted by atomic mass is 16.4. The summed E-state index contributed by atoms with van der Waals surface area (Å²) in [6.07, 6.45) is 9.35. The van der Waals surface area contributed by atoms with Gasteiger partial charge >= 0.3 is 5.97 Å². The number of carboxylic acids is 1. The molecule has 0 spiro atoms. The zero-order chi connectivity index (χ0) is 25.1. The Labute approximate surface area is 207 Å². The lowest BCUT2D eigenvalue weighted by Gasteiger charge is -2.75. The van der Waals surface area contributed by atoms with Crippen LogP contribution >= 0.6 is 0 Å². The van der Waals surface area contributed by atoms with Gasteiger partial charge in [0.1, 0.15) is 0 Å². The second-order valence-corrected chi connectivity index (χ2v) is 14.7. The van der Waals surface area contributed by atoms with Crippen molar-refractivity contribution in [1.29, 1.82) is 0 Å². The van der Waals surface area contributed by atoms with E-state index in [9.17, 15) is 15.0 Å². The van der Waals surface area contributed by atoms with Crippen LogP contribution < -0.4 is 5.73 Å². The Morgan fingerprint density at radius 2 is 1.50 bits per heavy atom. The molecule has 0 heterocycles. The second kappa shape index (κ2) is 7.12. The molecule has 5 aliphatic carbocycles. The number of rotatable bonds is 2. The Kier molecular flexibility index (Phi) is 5.20. The molecule has 192 valence electrons. The van der Waals surface area contributed by atoms with Gasteiger partial charge in [-0.15, -0.1) is 0 Å². The third-order valence-electron chi connectivity index (χ3n) is 14.0. The summed E-state index contributed by atoms with van der Waals surface area (Å²) in [4.78, 5) is 12.8. The molecule has 0 bridgehead atoms. The highest BCUT2D eigenvalue weighted by Crippen LogP contribution is 2.77. The van der Waals surface area contributed by atoms with Gasteiger partial charge in [-0.05, 0) is 111 Å². The molecule has 5 fully saturated rings. The van der Waals surface area contributed by atoms with Crippen molar-refractivity contribution >= 4 is 5.97 Å². The van der Waals surface area contributed by atoms with Crippen LogP contribution in [0.2, 0.25) is 0 Å². The van der Waals surface area contributed by atoms with Gasteiger partial charge in [0.05, 0.1) is 11.5 Å². The standard InChI is InChI=1S/C30H49NO3/c1-18(2)19-10-13-29(24(33)34)16-14-26(5)20(23(19)29)8-9-21-27(26,6)15-17-30(31)25(3,4)22(32)11-12-28(21,30)7/h19-23,32H,1,8-17,31H2,2-7H3,(H,33,34)/t19-,20?,21-,22-,23+,26+,27+,28+,29-,30+/m0/s1. The number of carboxylic acid groups (broad SMARTS) is 1. The maximum Gasteiger partial charge on any atom is 0.309 e. The number of carbonyl (C=O) groups is 1. The molecule has 5 aliphatic rings. The summed E-state index contributed by atoms with van der Waals surface area (Å²) in [5, 5.41) is 21.5. The molecule has 0 saturated heterocycles. The van der Waals surface area contributed by atoms with Gasteiger partial charge in [-0.1, -0.05) is 46.8 Å². The van der Waals surface area contributed by atoms with Crippen LogP contribution in [0.4, 0.5) is 0 Å². The molecule has 0 radical (unpaired) electrons. The van der Waals surface area contributed by atoms with Gasteiger partial charge in [-0.2, -0.15) is 0 Å². The summed E-state index contributed by atoms with van der Waals surface area (Å²) < 4.78 is 0. The van der Waals surface area contributed by atoms with E-state index in [1.54, 1.807) is 0 Å². The number of allylic oxidation sites excluding steroid dienone is 1. The molecule has 5 rings (SSSR count). The van der Waals surface area contributed by atoms with Crippen molar-refractivity contribution in [2.75, 3.05) is 0 Å². The van der Waals surface area contributed by atoms with Crippen LogP contribution in [0.3, 0.4) is 0 Å². The summed E-state index contributed by atoms with van der Waals surface area (Å²) in [6.45, 7) is 18.4. The van der Waals surface area contributed by atoms with Gasteiger partial charge in [0.15, 0.2) is 0 Å². The summed E-state index contributed by atoms with van der Waals surface area (Å²) >= 11 is 0. The van der Waals surface area contributed by atoms with Gasteiger partial charge in [0, 0.05) is 11.0 Å². The lowest BCUT2D eigenvalue weighted by molar-refractivity contribution is -0.255. The molecule has 4 N–H and O–H groups in total. The normalized spacial score (nSPS) is 55.9. The van der Waals surface area contributed by atoms with E-state index >= 15 is 0 Å². The Bertz CT molecular complexity index is 913. The molecule has 4 nitrogen and oxygen atoms in total. The third-order valence-corrected chi connectivity index (χ3v) is 14.0. The lowest BCUT2D eigenvalue weighted by Crippen LogP contribution is -2.77. The summed E-state index contributed by atoms with van der Waals surface area (Å²) in [5.74, 6) is 0.918. The fraction of sp³-hybridized carbons (Fsp3) is 0.900. The number of aliphatic carboxylic acids is 1. The van der Waals surface area contributed by atoms with Crippen LogP contribution in [-0.4, -0.2) is 27.8 Å². The van der Waals surface area contributed by atoms with Crippen LogP contribution in [0.5, 0.6) is 0 Å². The van der Waals surface area contributed by atoms with E-state index in [2.05, 4.69) is 48.1 Å². The molecular formula is C30H49NO3. The van der Waals surface area contributed by atoms with Crippen molar-refractivity contribution in [3.05, 3.63) is 12.2 Å². The first kappa shape index (κ1) is 24.8. The minimum absolute atomic E-state index is 0.0124. The highest BCUT2D eigenvalue weighted by molar-refractivity contribution is 5.76. The molecule has 0 amide bonds. The molecule has 5 saturated carbocycles. The Morgan fingerprint density at radius 1 is 0.853 bits per heavy atom. The SMILES string of the molecule is C=C(C)[C@@H]1CC[C@]2(C(=O)O)CC[C@]3(C)C(CC[C@@H]4[C@@]5(C)CC[C@H](O)C(C)(C)[C@]5(N)CC[C@]43C)[C@@H]12. The van der Waals surface area contributed by atoms with Gasteiger partial charge in [-0.25, -0.2) is 0 Å². The number of hydrogen-bond acceptors (Lipinski definition) is 3.